The number of piperazine rings is 1. The van der Waals surface area contributed by atoms with Crippen LogP contribution in [0.5, 0.6) is 0 Å². The monoisotopic (exact) mass is 669 g/mol. The summed E-state index contributed by atoms with van der Waals surface area (Å²) in [6.07, 6.45) is -0.308. The molecule has 2 aromatic heterocycles. The Labute approximate surface area is 268 Å². The van der Waals surface area contributed by atoms with Gasteiger partial charge in [0.2, 0.25) is 5.91 Å². The summed E-state index contributed by atoms with van der Waals surface area (Å²) in [5, 5.41) is -0.00597. The van der Waals surface area contributed by atoms with E-state index in [2.05, 4.69) is 16.5 Å². The number of rotatable bonds is 6. The van der Waals surface area contributed by atoms with Gasteiger partial charge in [0, 0.05) is 37.5 Å². The van der Waals surface area contributed by atoms with Gasteiger partial charge < -0.3 is 9.80 Å². The second-order valence-electron chi connectivity index (χ2n) is 11.9. The molecule has 0 bridgehead atoms. The van der Waals surface area contributed by atoms with Crippen LogP contribution >= 0.6 is 0 Å². The summed E-state index contributed by atoms with van der Waals surface area (Å²) in [5.41, 5.74) is -2.97. The number of halogens is 4. The van der Waals surface area contributed by atoms with E-state index >= 15 is 4.39 Å². The number of nitrogens with zero attached hydrogens (tertiary/aromatic N) is 5. The molecule has 1 aliphatic heterocycles. The molecule has 3 heterocycles. The summed E-state index contributed by atoms with van der Waals surface area (Å²) in [7, 11) is -3.95. The maximum atomic E-state index is 16.1. The lowest BCUT2D eigenvalue weighted by atomic mass is 9.79. The second-order valence-corrected chi connectivity index (χ2v) is 13.9. The summed E-state index contributed by atoms with van der Waals surface area (Å²) in [6, 6.07) is 9.60. The minimum Gasteiger partial charge on any atom is -0.350 e. The van der Waals surface area contributed by atoms with Crippen molar-refractivity contribution in [2.45, 2.75) is 49.2 Å². The minimum absolute atomic E-state index is 0.00244. The van der Waals surface area contributed by atoms with Gasteiger partial charge in [0.15, 0.2) is 15.5 Å². The third-order valence-corrected chi connectivity index (χ3v) is 10.0. The number of para-hydroxylation sites is 1. The molecule has 4 aromatic rings. The van der Waals surface area contributed by atoms with Gasteiger partial charge >= 0.3 is 11.9 Å². The molecule has 1 amide bonds. The maximum Gasteiger partial charge on any atom is 0.417 e. The Balaban J connectivity index is 1.69. The van der Waals surface area contributed by atoms with Crippen LogP contribution in [-0.2, 0) is 20.8 Å². The van der Waals surface area contributed by atoms with E-state index in [0.717, 1.165) is 48.3 Å². The molecule has 246 valence electrons. The summed E-state index contributed by atoms with van der Waals surface area (Å²) in [5.74, 6) is -1.45. The van der Waals surface area contributed by atoms with Crippen molar-refractivity contribution in [1.82, 2.24) is 19.4 Å². The first-order valence-corrected chi connectivity index (χ1v) is 16.9. The van der Waals surface area contributed by atoms with Crippen LogP contribution in [0.1, 0.15) is 43.2 Å². The average molecular weight is 670 g/mol. The van der Waals surface area contributed by atoms with Crippen LogP contribution in [0.2, 0.25) is 0 Å². The van der Waals surface area contributed by atoms with Crippen LogP contribution < -0.4 is 10.6 Å². The molecule has 0 unspecified atom stereocenters. The zero-order valence-corrected chi connectivity index (χ0v) is 26.4. The number of alkyl halides is 3. The highest BCUT2D eigenvalue weighted by Crippen LogP contribution is 2.43. The van der Waals surface area contributed by atoms with Crippen LogP contribution in [0.4, 0.5) is 23.4 Å². The predicted octanol–water partition coefficient (Wildman–Crippen LogP) is 5.50. The van der Waals surface area contributed by atoms with Crippen LogP contribution in [-0.4, -0.2) is 65.7 Å². The molecule has 1 saturated carbocycles. The van der Waals surface area contributed by atoms with Crippen LogP contribution in [0.3, 0.4) is 0 Å². The minimum atomic E-state index is -4.85. The third-order valence-electron chi connectivity index (χ3n) is 8.87. The van der Waals surface area contributed by atoms with Gasteiger partial charge in [0.05, 0.1) is 21.5 Å². The van der Waals surface area contributed by atoms with Gasteiger partial charge in [-0.1, -0.05) is 43.3 Å². The number of benzene rings is 2. The molecule has 6 rings (SSSR count). The van der Waals surface area contributed by atoms with Crippen LogP contribution in [0, 0.1) is 5.82 Å². The first kappa shape index (κ1) is 32.4. The second kappa shape index (κ2) is 11.9. The quantitative estimate of drug-likeness (QED) is 0.197. The maximum absolute atomic E-state index is 16.1. The normalized spacial score (nSPS) is 17.5. The predicted molar refractivity (Wildman–Crippen MR) is 169 cm³/mol. The zero-order chi connectivity index (χ0) is 33.8. The fourth-order valence-electron chi connectivity index (χ4n) is 6.38. The van der Waals surface area contributed by atoms with Gasteiger partial charge in [0.25, 0.3) is 0 Å². The Kier molecular flexibility index (Phi) is 8.19. The van der Waals surface area contributed by atoms with Crippen molar-refractivity contribution in [3.8, 4) is 16.9 Å². The average Bonchev–Trinajstić information content (AvgIpc) is 2.99. The van der Waals surface area contributed by atoms with E-state index in [4.69, 9.17) is 0 Å². The Morgan fingerprint density at radius 2 is 1.79 bits per heavy atom. The van der Waals surface area contributed by atoms with Gasteiger partial charge in [-0.05, 0) is 55.5 Å². The summed E-state index contributed by atoms with van der Waals surface area (Å²) in [4.78, 5) is 38.3. The van der Waals surface area contributed by atoms with E-state index in [1.165, 1.54) is 24.3 Å². The van der Waals surface area contributed by atoms with Gasteiger partial charge in [-0.2, -0.15) is 18.2 Å². The number of hydrogen-bond acceptors (Lipinski definition) is 7. The Bertz CT molecular complexity index is 2090. The molecule has 0 N–H and O–H groups in total. The van der Waals surface area contributed by atoms with Crippen molar-refractivity contribution in [2.24, 2.45) is 0 Å². The summed E-state index contributed by atoms with van der Waals surface area (Å²) < 4.78 is 85.6. The topological polar surface area (TPSA) is 105 Å². The molecular weight excluding hydrogens is 638 g/mol. The summed E-state index contributed by atoms with van der Waals surface area (Å²) in [6.45, 7) is 5.96. The van der Waals surface area contributed by atoms with Crippen molar-refractivity contribution in [2.75, 3.05) is 30.8 Å². The standard InChI is InChI=1S/C33H31F4N5O4S/c1-4-27(43)40-15-16-41(19(2)18-40)30-23-17-25(34)28(22-11-5-6-13-24(22)33(35,36)37)38-31(23)42(32(44)39-30)29-21(20-9-7-10-20)12-8-14-26(29)47(3,45)46/h4-6,8,11-14,17,19-20H,1,7,9-10,15-16,18H2,2-3H3/t19-/m0/s1. The van der Waals surface area contributed by atoms with Gasteiger partial charge in [-0.25, -0.2) is 27.2 Å². The van der Waals surface area contributed by atoms with Crippen molar-refractivity contribution in [3.63, 3.8) is 0 Å². The molecule has 1 aliphatic carbocycles. The number of carbonyl (C=O) groups is 1. The van der Waals surface area contributed by atoms with E-state index in [1.807, 2.05) is 0 Å². The molecule has 1 atom stereocenters. The lowest BCUT2D eigenvalue weighted by Crippen LogP contribution is -2.54. The highest BCUT2D eigenvalue weighted by atomic mass is 32.2. The fourth-order valence-corrected chi connectivity index (χ4v) is 7.27. The van der Waals surface area contributed by atoms with Crippen molar-refractivity contribution >= 4 is 32.6 Å². The molecule has 0 spiro atoms. The molecule has 1 saturated heterocycles. The van der Waals surface area contributed by atoms with E-state index in [0.29, 0.717) is 5.56 Å². The number of amides is 1. The molecular formula is C33H31F4N5O4S. The van der Waals surface area contributed by atoms with E-state index in [9.17, 15) is 31.2 Å². The first-order chi connectivity index (χ1) is 22.2. The lowest BCUT2D eigenvalue weighted by Gasteiger charge is -2.40. The first-order valence-electron chi connectivity index (χ1n) is 15.0. The number of pyridine rings is 1. The van der Waals surface area contributed by atoms with Crippen molar-refractivity contribution < 1.29 is 30.8 Å². The van der Waals surface area contributed by atoms with Crippen molar-refractivity contribution in [1.29, 1.82) is 0 Å². The number of aromatic nitrogens is 3. The Hall–Kier alpha value is -4.59. The largest absolute Gasteiger partial charge is 0.417 e. The van der Waals surface area contributed by atoms with Gasteiger partial charge in [-0.15, -0.1) is 0 Å². The van der Waals surface area contributed by atoms with Crippen LogP contribution in [0.25, 0.3) is 28.0 Å². The van der Waals surface area contributed by atoms with E-state index in [-0.39, 0.29) is 58.9 Å². The lowest BCUT2D eigenvalue weighted by molar-refractivity contribution is -0.137. The number of hydrogen-bond donors (Lipinski definition) is 0. The highest BCUT2D eigenvalue weighted by Gasteiger charge is 2.36. The number of carbonyl (C=O) groups excluding carboxylic acids is 1. The SMILES string of the molecule is C=CC(=O)N1CCN(c2nc(=O)n(-c3c(C4CCC4)cccc3S(C)(=O)=O)c3nc(-c4ccccc4C(F)(F)F)c(F)cc23)[C@@H](C)C1. The molecule has 2 fully saturated rings. The van der Waals surface area contributed by atoms with Crippen molar-refractivity contribution in [3.05, 3.63) is 88.6 Å². The molecule has 47 heavy (non-hydrogen) atoms. The van der Waals surface area contributed by atoms with Gasteiger partial charge in [0.1, 0.15) is 17.3 Å². The van der Waals surface area contributed by atoms with Gasteiger partial charge in [-0.3, -0.25) is 4.79 Å². The zero-order valence-electron chi connectivity index (χ0n) is 25.6. The molecule has 2 aromatic carbocycles. The molecule has 9 nitrogen and oxygen atoms in total. The Morgan fingerprint density at radius 1 is 1.06 bits per heavy atom. The van der Waals surface area contributed by atoms with Crippen LogP contribution in [0.15, 0.2) is 70.9 Å². The number of anilines is 1. The van der Waals surface area contributed by atoms with E-state index < -0.39 is 50.4 Å². The molecule has 2 aliphatic rings. The molecule has 0 radical (unpaired) electrons. The highest BCUT2D eigenvalue weighted by molar-refractivity contribution is 7.90. The smallest absolute Gasteiger partial charge is 0.350 e. The third kappa shape index (κ3) is 5.79. The van der Waals surface area contributed by atoms with E-state index in [1.54, 1.807) is 28.9 Å². The fraction of sp³-hybridized carbons (Fsp3) is 0.333. The number of fused-ring (bicyclic) bond motifs is 1. The number of sulfone groups is 1. The molecule has 14 heteroatoms. The Morgan fingerprint density at radius 3 is 2.40 bits per heavy atom. The summed E-state index contributed by atoms with van der Waals surface area (Å²) >= 11 is 0.